The van der Waals surface area contributed by atoms with Crippen molar-refractivity contribution < 1.29 is 17.6 Å². The minimum absolute atomic E-state index is 0.00151. The van der Waals surface area contributed by atoms with E-state index in [1.54, 1.807) is 33.0 Å². The number of hydrogen-bond donors (Lipinski definition) is 0. The Bertz CT molecular complexity index is 930. The monoisotopic (exact) mass is 412 g/mol. The van der Waals surface area contributed by atoms with Crippen molar-refractivity contribution in [3.63, 3.8) is 0 Å². The maximum Gasteiger partial charge on any atom is 0.255 e. The lowest BCUT2D eigenvalue weighted by molar-refractivity contribution is 0.0785. The number of benzene rings is 2. The molecule has 0 radical (unpaired) electrons. The van der Waals surface area contributed by atoms with Gasteiger partial charge >= 0.3 is 0 Å². The van der Waals surface area contributed by atoms with E-state index in [0.717, 1.165) is 5.56 Å². The zero-order valence-corrected chi connectivity index (χ0v) is 17.2. The lowest BCUT2D eigenvalue weighted by Crippen LogP contribution is -2.33. The van der Waals surface area contributed by atoms with Gasteiger partial charge in [-0.15, -0.1) is 0 Å². The number of carbonyl (C=O) groups excluding carboxylic acids is 1. The van der Waals surface area contributed by atoms with E-state index in [2.05, 4.69) is 0 Å². The lowest BCUT2D eigenvalue weighted by Gasteiger charge is -2.22. The average Bonchev–Trinajstić information content (AvgIpc) is 2.62. The van der Waals surface area contributed by atoms with Gasteiger partial charge in [0.1, 0.15) is 5.82 Å². The first kappa shape index (κ1) is 21.3. The zero-order valence-electron chi connectivity index (χ0n) is 15.6. The van der Waals surface area contributed by atoms with E-state index in [0.29, 0.717) is 0 Å². The number of rotatable bonds is 6. The number of nitrogens with zero attached hydrogens (tertiary/aromatic N) is 2. The molecule has 0 saturated heterocycles. The van der Waals surface area contributed by atoms with Crippen LogP contribution in [0.5, 0.6) is 0 Å². The van der Waals surface area contributed by atoms with Crippen molar-refractivity contribution in [2.24, 2.45) is 0 Å². The molecule has 27 heavy (non-hydrogen) atoms. The third-order valence-electron chi connectivity index (χ3n) is 4.25. The van der Waals surface area contributed by atoms with E-state index >= 15 is 0 Å². The molecule has 0 saturated carbocycles. The van der Waals surface area contributed by atoms with Crippen LogP contribution in [0.4, 0.5) is 4.39 Å². The largest absolute Gasteiger partial charge is 0.337 e. The van der Waals surface area contributed by atoms with Crippen molar-refractivity contribution in [3.05, 3.63) is 64.4 Å². The van der Waals surface area contributed by atoms with Crippen LogP contribution in [0.1, 0.15) is 29.8 Å². The predicted octanol–water partition coefficient (Wildman–Crippen LogP) is 3.78. The SMILES string of the molecule is CC(C)N(C)S(=O)(=O)c1ccc(Cl)c(C(=O)N(C)Cc2ccc(F)cc2)c1. The van der Waals surface area contributed by atoms with Gasteiger partial charge in [-0.25, -0.2) is 12.8 Å². The van der Waals surface area contributed by atoms with Crippen LogP contribution in [0.25, 0.3) is 0 Å². The second kappa shape index (κ2) is 8.37. The summed E-state index contributed by atoms with van der Waals surface area (Å²) in [4.78, 5) is 14.2. The van der Waals surface area contributed by atoms with Crippen molar-refractivity contribution in [1.29, 1.82) is 0 Å². The molecule has 0 spiro atoms. The molecule has 0 fully saturated rings. The maximum absolute atomic E-state index is 13.0. The summed E-state index contributed by atoms with van der Waals surface area (Å²) in [7, 11) is -0.682. The molecule has 8 heteroatoms. The summed E-state index contributed by atoms with van der Waals surface area (Å²) in [6.45, 7) is 3.75. The molecule has 0 bridgehead atoms. The highest BCUT2D eigenvalue weighted by atomic mass is 35.5. The molecule has 0 N–H and O–H groups in total. The number of amides is 1. The fraction of sp³-hybridized carbons (Fsp3) is 0.316. The number of halogens is 2. The van der Waals surface area contributed by atoms with Crippen molar-refractivity contribution in [3.8, 4) is 0 Å². The van der Waals surface area contributed by atoms with Gasteiger partial charge in [0.15, 0.2) is 0 Å². The lowest BCUT2D eigenvalue weighted by atomic mass is 10.1. The second-order valence-corrected chi connectivity index (χ2v) is 8.95. The van der Waals surface area contributed by atoms with Crippen molar-refractivity contribution >= 4 is 27.5 Å². The third kappa shape index (κ3) is 4.86. The third-order valence-corrected chi connectivity index (χ3v) is 6.61. The fourth-order valence-corrected chi connectivity index (χ4v) is 4.01. The Kier molecular flexibility index (Phi) is 6.62. The molecule has 2 aromatic carbocycles. The Morgan fingerprint density at radius 3 is 2.26 bits per heavy atom. The molecule has 146 valence electrons. The van der Waals surface area contributed by atoms with E-state index in [1.165, 1.54) is 46.6 Å². The van der Waals surface area contributed by atoms with E-state index in [4.69, 9.17) is 11.6 Å². The molecular formula is C19H22ClFN2O3S. The smallest absolute Gasteiger partial charge is 0.255 e. The van der Waals surface area contributed by atoms with Gasteiger partial charge in [-0.3, -0.25) is 4.79 Å². The van der Waals surface area contributed by atoms with Gasteiger partial charge in [0.2, 0.25) is 10.0 Å². The van der Waals surface area contributed by atoms with Crippen molar-refractivity contribution in [2.75, 3.05) is 14.1 Å². The van der Waals surface area contributed by atoms with Gasteiger partial charge in [-0.05, 0) is 49.7 Å². The van der Waals surface area contributed by atoms with Crippen molar-refractivity contribution in [2.45, 2.75) is 31.3 Å². The van der Waals surface area contributed by atoms with E-state index < -0.39 is 15.9 Å². The Morgan fingerprint density at radius 1 is 1.11 bits per heavy atom. The van der Waals surface area contributed by atoms with Crippen molar-refractivity contribution in [1.82, 2.24) is 9.21 Å². The summed E-state index contributed by atoms with van der Waals surface area (Å²) < 4.78 is 39.6. The Balaban J connectivity index is 2.32. The van der Waals surface area contributed by atoms with Gasteiger partial charge in [-0.1, -0.05) is 23.7 Å². The molecule has 0 unspecified atom stereocenters. The molecule has 1 amide bonds. The first-order chi connectivity index (χ1) is 12.5. The molecule has 0 aliphatic heterocycles. The topological polar surface area (TPSA) is 57.7 Å². The molecule has 0 aliphatic carbocycles. The molecule has 0 atom stereocenters. The summed E-state index contributed by atoms with van der Waals surface area (Å²) in [6, 6.07) is 9.64. The van der Waals surface area contributed by atoms with Crippen LogP contribution in [0, 0.1) is 5.82 Å². The summed E-state index contributed by atoms with van der Waals surface area (Å²) in [6.07, 6.45) is 0. The van der Waals surface area contributed by atoms with Crippen LogP contribution in [0.2, 0.25) is 5.02 Å². The summed E-state index contributed by atoms with van der Waals surface area (Å²) in [5.74, 6) is -0.781. The minimum atomic E-state index is -3.74. The summed E-state index contributed by atoms with van der Waals surface area (Å²) in [5.41, 5.74) is 0.839. The van der Waals surface area contributed by atoms with Gasteiger partial charge in [0, 0.05) is 26.7 Å². The van der Waals surface area contributed by atoms with Crippen LogP contribution in [0.15, 0.2) is 47.4 Å². The zero-order chi connectivity index (χ0) is 20.4. The minimum Gasteiger partial charge on any atom is -0.337 e. The van der Waals surface area contributed by atoms with Crippen LogP contribution in [-0.2, 0) is 16.6 Å². The molecule has 5 nitrogen and oxygen atoms in total. The quantitative estimate of drug-likeness (QED) is 0.725. The van der Waals surface area contributed by atoms with Crippen LogP contribution < -0.4 is 0 Å². The molecule has 0 heterocycles. The van der Waals surface area contributed by atoms with Gasteiger partial charge in [0.05, 0.1) is 15.5 Å². The first-order valence-corrected chi connectivity index (χ1v) is 10.1. The van der Waals surface area contributed by atoms with Gasteiger partial charge in [-0.2, -0.15) is 4.31 Å². The highest BCUT2D eigenvalue weighted by molar-refractivity contribution is 7.89. The van der Waals surface area contributed by atoms with E-state index in [1.807, 2.05) is 0 Å². The van der Waals surface area contributed by atoms with Gasteiger partial charge in [0.25, 0.3) is 5.91 Å². The standard InChI is InChI=1S/C19H22ClFN2O3S/c1-13(2)23(4)27(25,26)16-9-10-18(20)17(11-16)19(24)22(3)12-14-5-7-15(21)8-6-14/h5-11,13H,12H2,1-4H3. The predicted molar refractivity (Wildman–Crippen MR) is 104 cm³/mol. The molecule has 2 aromatic rings. The number of sulfonamides is 1. The second-order valence-electron chi connectivity index (χ2n) is 6.54. The molecule has 2 rings (SSSR count). The van der Waals surface area contributed by atoms with Crippen LogP contribution in [0.3, 0.4) is 0 Å². The number of carbonyl (C=O) groups is 1. The van der Waals surface area contributed by atoms with Crippen LogP contribution >= 0.6 is 11.6 Å². The van der Waals surface area contributed by atoms with Crippen LogP contribution in [-0.4, -0.2) is 43.7 Å². The maximum atomic E-state index is 13.0. The van der Waals surface area contributed by atoms with Gasteiger partial charge < -0.3 is 4.90 Å². The highest BCUT2D eigenvalue weighted by Gasteiger charge is 2.25. The summed E-state index contributed by atoms with van der Waals surface area (Å²) >= 11 is 6.15. The average molecular weight is 413 g/mol. The fourth-order valence-electron chi connectivity index (χ4n) is 2.41. The molecule has 0 aliphatic rings. The Labute approximate surface area is 164 Å². The molecular weight excluding hydrogens is 391 g/mol. The Morgan fingerprint density at radius 2 is 1.70 bits per heavy atom. The number of hydrogen-bond acceptors (Lipinski definition) is 3. The van der Waals surface area contributed by atoms with E-state index in [-0.39, 0.29) is 33.9 Å². The highest BCUT2D eigenvalue weighted by Crippen LogP contribution is 2.25. The first-order valence-electron chi connectivity index (χ1n) is 8.31. The normalized spacial score (nSPS) is 11.9. The molecule has 0 aromatic heterocycles. The van der Waals surface area contributed by atoms with E-state index in [9.17, 15) is 17.6 Å². The Hall–Kier alpha value is -1.96. The summed E-state index contributed by atoms with van der Waals surface area (Å²) in [5, 5.41) is 0.164.